The third kappa shape index (κ3) is 5.51. The minimum atomic E-state index is -0.345. The van der Waals surface area contributed by atoms with Crippen LogP contribution in [-0.2, 0) is 16.1 Å². The van der Waals surface area contributed by atoms with E-state index in [4.69, 9.17) is 9.47 Å². The Kier molecular flexibility index (Phi) is 7.62. The Labute approximate surface area is 129 Å². The molecule has 0 spiro atoms. The quantitative estimate of drug-likeness (QED) is 0.581. The average Bonchev–Trinajstić information content (AvgIpc) is 2.38. The molecule has 5 heteroatoms. The molecule has 0 aliphatic heterocycles. The summed E-state index contributed by atoms with van der Waals surface area (Å²) < 4.78 is 11.5. The van der Waals surface area contributed by atoms with Crippen LogP contribution in [0.1, 0.15) is 31.4 Å². The van der Waals surface area contributed by atoms with E-state index >= 15 is 0 Å². The zero-order valence-electron chi connectivity index (χ0n) is 12.3. The summed E-state index contributed by atoms with van der Waals surface area (Å²) in [6, 6.07) is 3.99. The number of aryl methyl sites for hydroxylation is 1. The fourth-order valence-corrected chi connectivity index (χ4v) is 2.49. The molecule has 1 rings (SSSR count). The summed E-state index contributed by atoms with van der Waals surface area (Å²) in [4.78, 5) is 11.4. The van der Waals surface area contributed by atoms with E-state index in [0.29, 0.717) is 13.2 Å². The molecule has 4 nitrogen and oxygen atoms in total. The Hall–Kier alpha value is -1.07. The number of ether oxygens (including phenoxy) is 2. The molecular formula is C15H22BrNO3. The highest BCUT2D eigenvalue weighted by atomic mass is 79.9. The summed E-state index contributed by atoms with van der Waals surface area (Å²) in [5.74, 6) is 0.409. The van der Waals surface area contributed by atoms with E-state index in [-0.39, 0.29) is 12.6 Å². The fraction of sp³-hybridized carbons (Fsp3) is 0.533. The summed E-state index contributed by atoms with van der Waals surface area (Å²) in [5.41, 5.74) is 2.03. The first-order valence-corrected chi connectivity index (χ1v) is 7.65. The Morgan fingerprint density at radius 3 is 2.75 bits per heavy atom. The molecule has 0 bridgehead atoms. The van der Waals surface area contributed by atoms with Gasteiger partial charge in [0, 0.05) is 16.6 Å². The van der Waals surface area contributed by atoms with Crippen LogP contribution in [-0.4, -0.2) is 25.7 Å². The molecule has 112 valence electrons. The molecule has 0 fully saturated rings. The molecule has 0 unspecified atom stereocenters. The van der Waals surface area contributed by atoms with Crippen LogP contribution in [0, 0.1) is 6.92 Å². The molecule has 0 heterocycles. The van der Waals surface area contributed by atoms with Crippen molar-refractivity contribution < 1.29 is 14.3 Å². The van der Waals surface area contributed by atoms with Gasteiger partial charge < -0.3 is 14.8 Å². The van der Waals surface area contributed by atoms with Gasteiger partial charge in [-0.3, -0.25) is 0 Å². The van der Waals surface area contributed by atoms with Crippen molar-refractivity contribution in [3.63, 3.8) is 0 Å². The van der Waals surface area contributed by atoms with Crippen LogP contribution in [0.2, 0.25) is 0 Å². The van der Waals surface area contributed by atoms with Gasteiger partial charge in [-0.15, -0.1) is 0 Å². The molecule has 0 saturated carbocycles. The van der Waals surface area contributed by atoms with Gasteiger partial charge in [-0.25, -0.2) is 4.79 Å². The lowest BCUT2D eigenvalue weighted by atomic mass is 10.1. The first-order valence-electron chi connectivity index (χ1n) is 6.86. The highest BCUT2D eigenvalue weighted by Gasteiger charge is 2.11. The highest BCUT2D eigenvalue weighted by Crippen LogP contribution is 2.28. The predicted molar refractivity (Wildman–Crippen MR) is 83.0 cm³/mol. The van der Waals surface area contributed by atoms with Gasteiger partial charge >= 0.3 is 5.97 Å². The maximum absolute atomic E-state index is 11.4. The molecule has 0 amide bonds. The van der Waals surface area contributed by atoms with Gasteiger partial charge in [0.25, 0.3) is 0 Å². The van der Waals surface area contributed by atoms with Gasteiger partial charge in [-0.05, 0) is 44.5 Å². The molecular weight excluding hydrogens is 322 g/mol. The van der Waals surface area contributed by atoms with Crippen LogP contribution >= 0.6 is 15.9 Å². The van der Waals surface area contributed by atoms with E-state index in [2.05, 4.69) is 28.2 Å². The molecule has 1 N–H and O–H groups in total. The Morgan fingerprint density at radius 2 is 2.10 bits per heavy atom. The van der Waals surface area contributed by atoms with Crippen LogP contribution in [0.15, 0.2) is 16.6 Å². The predicted octanol–water partition coefficient (Wildman–Crippen LogP) is 3.20. The SMILES string of the molecule is CCCNCc1cc(Br)cc(C)c1OCC(=O)OCC. The maximum Gasteiger partial charge on any atom is 0.344 e. The molecule has 0 aliphatic carbocycles. The van der Waals surface area contributed by atoms with Crippen LogP contribution in [0.5, 0.6) is 5.75 Å². The van der Waals surface area contributed by atoms with Gasteiger partial charge in [-0.1, -0.05) is 22.9 Å². The van der Waals surface area contributed by atoms with E-state index in [0.717, 1.165) is 34.3 Å². The molecule has 0 aliphatic rings. The van der Waals surface area contributed by atoms with Crippen molar-refractivity contribution in [3.8, 4) is 5.75 Å². The van der Waals surface area contributed by atoms with Gasteiger partial charge in [0.2, 0.25) is 0 Å². The highest BCUT2D eigenvalue weighted by molar-refractivity contribution is 9.10. The Balaban J connectivity index is 2.78. The number of rotatable bonds is 8. The minimum absolute atomic E-state index is 0.0584. The number of esters is 1. The Bertz CT molecular complexity index is 449. The van der Waals surface area contributed by atoms with Crippen LogP contribution in [0.4, 0.5) is 0 Å². The number of carbonyl (C=O) groups is 1. The number of carbonyl (C=O) groups excluding carboxylic acids is 1. The minimum Gasteiger partial charge on any atom is -0.481 e. The molecule has 1 aromatic carbocycles. The molecule has 0 atom stereocenters. The third-order valence-corrected chi connectivity index (χ3v) is 3.16. The topological polar surface area (TPSA) is 47.6 Å². The summed E-state index contributed by atoms with van der Waals surface area (Å²) in [6.07, 6.45) is 1.08. The van der Waals surface area contributed by atoms with Crippen molar-refractivity contribution in [2.45, 2.75) is 33.7 Å². The summed E-state index contributed by atoms with van der Waals surface area (Å²) >= 11 is 3.49. The van der Waals surface area contributed by atoms with Crippen molar-refractivity contribution in [1.29, 1.82) is 0 Å². The largest absolute Gasteiger partial charge is 0.481 e. The average molecular weight is 344 g/mol. The lowest BCUT2D eigenvalue weighted by molar-refractivity contribution is -0.145. The van der Waals surface area contributed by atoms with Gasteiger partial charge in [-0.2, -0.15) is 0 Å². The van der Waals surface area contributed by atoms with E-state index < -0.39 is 0 Å². The molecule has 0 saturated heterocycles. The van der Waals surface area contributed by atoms with E-state index in [9.17, 15) is 4.79 Å². The van der Waals surface area contributed by atoms with Crippen LogP contribution < -0.4 is 10.1 Å². The number of hydrogen-bond donors (Lipinski definition) is 1. The standard InChI is InChI=1S/C15H22BrNO3/c1-4-6-17-9-12-8-13(16)7-11(3)15(12)20-10-14(18)19-5-2/h7-8,17H,4-6,9-10H2,1-3H3. The zero-order valence-corrected chi connectivity index (χ0v) is 13.9. The monoisotopic (exact) mass is 343 g/mol. The van der Waals surface area contributed by atoms with Crippen molar-refractivity contribution in [2.75, 3.05) is 19.8 Å². The van der Waals surface area contributed by atoms with Crippen molar-refractivity contribution in [2.24, 2.45) is 0 Å². The number of halogens is 1. The van der Waals surface area contributed by atoms with E-state index in [1.807, 2.05) is 19.1 Å². The fourth-order valence-electron chi connectivity index (χ4n) is 1.87. The molecule has 1 aromatic rings. The van der Waals surface area contributed by atoms with E-state index in [1.54, 1.807) is 6.92 Å². The van der Waals surface area contributed by atoms with Crippen LogP contribution in [0.25, 0.3) is 0 Å². The Morgan fingerprint density at radius 1 is 1.35 bits per heavy atom. The lowest BCUT2D eigenvalue weighted by Gasteiger charge is -2.15. The number of nitrogens with one attached hydrogen (secondary N) is 1. The number of hydrogen-bond acceptors (Lipinski definition) is 4. The summed E-state index contributed by atoms with van der Waals surface area (Å²) in [7, 11) is 0. The van der Waals surface area contributed by atoms with Gasteiger partial charge in [0.05, 0.1) is 6.61 Å². The van der Waals surface area contributed by atoms with Gasteiger partial charge in [0.15, 0.2) is 6.61 Å². The maximum atomic E-state index is 11.4. The normalized spacial score (nSPS) is 10.4. The zero-order chi connectivity index (χ0) is 15.0. The van der Waals surface area contributed by atoms with E-state index in [1.165, 1.54) is 0 Å². The molecule has 20 heavy (non-hydrogen) atoms. The summed E-state index contributed by atoms with van der Waals surface area (Å²) in [5, 5.41) is 3.34. The first kappa shape index (κ1) is 17.0. The summed E-state index contributed by atoms with van der Waals surface area (Å²) in [6.45, 7) is 7.84. The molecule has 0 aromatic heterocycles. The second-order valence-corrected chi connectivity index (χ2v) is 5.40. The third-order valence-electron chi connectivity index (χ3n) is 2.70. The van der Waals surface area contributed by atoms with Crippen molar-refractivity contribution in [1.82, 2.24) is 5.32 Å². The number of benzene rings is 1. The second kappa shape index (κ2) is 8.97. The smallest absolute Gasteiger partial charge is 0.344 e. The van der Waals surface area contributed by atoms with Crippen molar-refractivity contribution in [3.05, 3.63) is 27.7 Å². The lowest BCUT2D eigenvalue weighted by Crippen LogP contribution is -2.18. The second-order valence-electron chi connectivity index (χ2n) is 4.48. The van der Waals surface area contributed by atoms with Crippen LogP contribution in [0.3, 0.4) is 0 Å². The first-order chi connectivity index (χ1) is 9.58. The molecule has 0 radical (unpaired) electrons. The van der Waals surface area contributed by atoms with Crippen molar-refractivity contribution >= 4 is 21.9 Å². The van der Waals surface area contributed by atoms with Gasteiger partial charge in [0.1, 0.15) is 5.75 Å².